The number of hydrogen-bond donors (Lipinski definition) is 1. The topological polar surface area (TPSA) is 73.9 Å². The Morgan fingerprint density at radius 3 is 2.32 bits per heavy atom. The first-order valence-corrected chi connectivity index (χ1v) is 9.22. The molecule has 1 aromatic rings. The van der Waals surface area contributed by atoms with E-state index in [1.807, 2.05) is 30.3 Å². The highest BCUT2D eigenvalue weighted by atomic mass is 16.6. The molecule has 0 aliphatic heterocycles. The fourth-order valence-electron chi connectivity index (χ4n) is 2.56. The van der Waals surface area contributed by atoms with Gasteiger partial charge in [-0.25, -0.2) is 4.79 Å². The molecule has 0 fully saturated rings. The summed E-state index contributed by atoms with van der Waals surface area (Å²) in [6, 6.07) is 8.92. The second kappa shape index (κ2) is 11.3. The van der Waals surface area contributed by atoms with Gasteiger partial charge in [-0.2, -0.15) is 0 Å². The minimum Gasteiger partial charge on any atom is -0.460 e. The van der Waals surface area contributed by atoms with E-state index in [9.17, 15) is 9.59 Å². The molecule has 0 aliphatic carbocycles. The van der Waals surface area contributed by atoms with Gasteiger partial charge in [0.15, 0.2) is 0 Å². The number of benzene rings is 1. The number of nitrogens with one attached hydrogen (secondary N) is 1. The molecule has 3 atom stereocenters. The van der Waals surface area contributed by atoms with Crippen LogP contribution in [0.2, 0.25) is 0 Å². The molecule has 154 valence electrons. The molecule has 6 nitrogen and oxygen atoms in total. The first-order valence-electron chi connectivity index (χ1n) is 9.22. The van der Waals surface area contributed by atoms with Crippen molar-refractivity contribution in [1.82, 2.24) is 5.32 Å². The van der Waals surface area contributed by atoms with E-state index in [0.717, 1.165) is 5.56 Å². The molecule has 0 radical (unpaired) electrons. The maximum Gasteiger partial charge on any atom is 0.408 e. The van der Waals surface area contributed by atoms with Crippen molar-refractivity contribution in [2.45, 2.75) is 64.6 Å². The Hall–Kier alpha value is -2.60. The van der Waals surface area contributed by atoms with Gasteiger partial charge in [-0.15, -0.1) is 13.2 Å². The number of carbonyl (C=O) groups is 2. The van der Waals surface area contributed by atoms with E-state index >= 15 is 0 Å². The third kappa shape index (κ3) is 8.86. The first-order chi connectivity index (χ1) is 13.2. The Bertz CT molecular complexity index is 651. The molecular formula is C22H31NO5. The predicted octanol–water partition coefficient (Wildman–Crippen LogP) is 4.16. The number of alkyl carbamates (subject to hydrolysis) is 1. The van der Waals surface area contributed by atoms with Crippen LogP contribution >= 0.6 is 0 Å². The van der Waals surface area contributed by atoms with Crippen LogP contribution in [0, 0.1) is 0 Å². The minimum atomic E-state index is -0.696. The van der Waals surface area contributed by atoms with Gasteiger partial charge in [-0.3, -0.25) is 4.79 Å². The molecule has 1 N–H and O–H groups in total. The van der Waals surface area contributed by atoms with Crippen molar-refractivity contribution < 1.29 is 23.8 Å². The largest absolute Gasteiger partial charge is 0.460 e. The maximum absolute atomic E-state index is 12.4. The van der Waals surface area contributed by atoms with Crippen molar-refractivity contribution >= 4 is 12.1 Å². The third-order valence-corrected chi connectivity index (χ3v) is 3.67. The highest BCUT2D eigenvalue weighted by molar-refractivity contribution is 5.69. The fraction of sp³-hybridized carbons (Fsp3) is 0.455. The molecule has 1 amide bonds. The molecule has 6 heteroatoms. The van der Waals surface area contributed by atoms with Crippen molar-refractivity contribution in [2.24, 2.45) is 0 Å². The maximum atomic E-state index is 12.4. The molecule has 0 bridgehead atoms. The van der Waals surface area contributed by atoms with Crippen LogP contribution in [-0.2, 0) is 25.6 Å². The Morgan fingerprint density at radius 1 is 1.18 bits per heavy atom. The van der Waals surface area contributed by atoms with E-state index in [1.54, 1.807) is 32.9 Å². The summed E-state index contributed by atoms with van der Waals surface area (Å²) in [6.07, 6.45) is 1.60. The first kappa shape index (κ1) is 23.4. The van der Waals surface area contributed by atoms with Crippen LogP contribution in [-0.4, -0.2) is 35.9 Å². The van der Waals surface area contributed by atoms with Gasteiger partial charge in [0.05, 0.1) is 18.8 Å². The Morgan fingerprint density at radius 2 is 1.82 bits per heavy atom. The van der Waals surface area contributed by atoms with Crippen molar-refractivity contribution in [3.63, 3.8) is 0 Å². The summed E-state index contributed by atoms with van der Waals surface area (Å²) >= 11 is 0. The summed E-state index contributed by atoms with van der Waals surface area (Å²) in [6.45, 7) is 14.5. The van der Waals surface area contributed by atoms with Gasteiger partial charge in [0.2, 0.25) is 0 Å². The van der Waals surface area contributed by atoms with Crippen molar-refractivity contribution in [1.29, 1.82) is 0 Å². The molecule has 0 aliphatic rings. The molecule has 1 aromatic carbocycles. The quantitative estimate of drug-likeness (QED) is 0.480. The zero-order chi connectivity index (χ0) is 21.2. The van der Waals surface area contributed by atoms with Crippen LogP contribution in [0.3, 0.4) is 0 Å². The van der Waals surface area contributed by atoms with E-state index in [2.05, 4.69) is 18.5 Å². The summed E-state index contributed by atoms with van der Waals surface area (Å²) in [4.78, 5) is 23.9. The molecular weight excluding hydrogens is 358 g/mol. The number of ether oxygens (including phenoxy) is 3. The van der Waals surface area contributed by atoms with Crippen LogP contribution in [0.1, 0.15) is 39.7 Å². The van der Waals surface area contributed by atoms with Gasteiger partial charge in [0.1, 0.15) is 11.7 Å². The van der Waals surface area contributed by atoms with Gasteiger partial charge < -0.3 is 19.5 Å². The Kier molecular flexibility index (Phi) is 9.45. The fourth-order valence-corrected chi connectivity index (χ4v) is 2.56. The number of rotatable bonds is 10. The van der Waals surface area contributed by atoms with Crippen LogP contribution in [0.5, 0.6) is 0 Å². The summed E-state index contributed by atoms with van der Waals surface area (Å²) in [5, 5.41) is 2.77. The normalized spacial score (nSPS) is 14.3. The molecule has 0 saturated carbocycles. The van der Waals surface area contributed by atoms with Gasteiger partial charge in [-0.05, 0) is 26.3 Å². The number of carbonyl (C=O) groups excluding carboxylic acids is 2. The molecule has 0 unspecified atom stereocenters. The smallest absolute Gasteiger partial charge is 0.408 e. The van der Waals surface area contributed by atoms with Crippen molar-refractivity contribution in [3.05, 3.63) is 61.2 Å². The molecule has 0 heterocycles. The number of esters is 1. The monoisotopic (exact) mass is 389 g/mol. The van der Waals surface area contributed by atoms with Gasteiger partial charge in [0.25, 0.3) is 0 Å². The highest BCUT2D eigenvalue weighted by Gasteiger charge is 2.33. The number of hydrogen-bond acceptors (Lipinski definition) is 5. The number of amides is 1. The van der Waals surface area contributed by atoms with Crippen molar-refractivity contribution in [3.8, 4) is 0 Å². The molecule has 0 spiro atoms. The average Bonchev–Trinajstić information content (AvgIpc) is 2.60. The lowest BCUT2D eigenvalue weighted by molar-refractivity contribution is -0.149. The van der Waals surface area contributed by atoms with Crippen LogP contribution in [0.15, 0.2) is 55.6 Å². The SMILES string of the molecule is C=CC[C@@H](OC(C)=O)[C@H](NC(=O)OC(C)(C)C)[C@H](C=C)OCc1ccccc1. The second-order valence-electron chi connectivity index (χ2n) is 7.34. The molecule has 0 saturated heterocycles. The van der Waals surface area contributed by atoms with Crippen molar-refractivity contribution in [2.75, 3.05) is 0 Å². The lowest BCUT2D eigenvalue weighted by Gasteiger charge is -2.32. The van der Waals surface area contributed by atoms with Crippen LogP contribution in [0.25, 0.3) is 0 Å². The van der Waals surface area contributed by atoms with Gasteiger partial charge in [-0.1, -0.05) is 42.5 Å². The van der Waals surface area contributed by atoms with E-state index < -0.39 is 35.9 Å². The average molecular weight is 389 g/mol. The van der Waals surface area contributed by atoms with Gasteiger partial charge >= 0.3 is 12.1 Å². The molecule has 28 heavy (non-hydrogen) atoms. The molecule has 1 rings (SSSR count). The predicted molar refractivity (Wildman–Crippen MR) is 109 cm³/mol. The standard InChI is InChI=1S/C22H31NO5/c1-7-12-19(27-16(3)24)20(23-21(25)28-22(4,5)6)18(8-2)26-15-17-13-10-9-11-14-17/h7-11,13-14,18-20H,1-2,12,15H2,3-6H3,(H,23,25)/t18-,19+,20+/m0/s1. The summed E-state index contributed by atoms with van der Waals surface area (Å²) in [5.74, 6) is -0.464. The second-order valence-corrected chi connectivity index (χ2v) is 7.34. The third-order valence-electron chi connectivity index (χ3n) is 3.67. The molecule has 0 aromatic heterocycles. The highest BCUT2D eigenvalue weighted by Crippen LogP contribution is 2.17. The summed E-state index contributed by atoms with van der Waals surface area (Å²) in [7, 11) is 0. The lowest BCUT2D eigenvalue weighted by Crippen LogP contribution is -2.53. The van der Waals surface area contributed by atoms with Crippen LogP contribution in [0.4, 0.5) is 4.79 Å². The van der Waals surface area contributed by atoms with Crippen LogP contribution < -0.4 is 5.32 Å². The zero-order valence-corrected chi connectivity index (χ0v) is 17.1. The Labute approximate surface area is 167 Å². The zero-order valence-electron chi connectivity index (χ0n) is 17.1. The van der Waals surface area contributed by atoms with E-state index in [4.69, 9.17) is 14.2 Å². The lowest BCUT2D eigenvalue weighted by atomic mass is 10.0. The van der Waals surface area contributed by atoms with Gasteiger partial charge in [0, 0.05) is 13.3 Å². The van der Waals surface area contributed by atoms with E-state index in [-0.39, 0.29) is 0 Å². The summed E-state index contributed by atoms with van der Waals surface area (Å²) < 4.78 is 16.7. The Balaban J connectivity index is 3.02. The van der Waals surface area contributed by atoms with E-state index in [1.165, 1.54) is 6.92 Å². The minimum absolute atomic E-state index is 0.310. The van der Waals surface area contributed by atoms with E-state index in [0.29, 0.717) is 13.0 Å². The summed E-state index contributed by atoms with van der Waals surface area (Å²) in [5.41, 5.74) is 0.302.